The summed E-state index contributed by atoms with van der Waals surface area (Å²) in [4.78, 5) is 29.3. The van der Waals surface area contributed by atoms with Crippen LogP contribution >= 0.6 is 34.8 Å². The molecule has 0 aliphatic carbocycles. The van der Waals surface area contributed by atoms with Crippen LogP contribution < -0.4 is 15.0 Å². The summed E-state index contributed by atoms with van der Waals surface area (Å²) < 4.78 is 5.29. The van der Waals surface area contributed by atoms with E-state index in [0.29, 0.717) is 41.9 Å². The van der Waals surface area contributed by atoms with Crippen LogP contribution in [-0.4, -0.2) is 50.0 Å². The molecule has 1 saturated heterocycles. The van der Waals surface area contributed by atoms with E-state index in [-0.39, 0.29) is 28.2 Å². The summed E-state index contributed by atoms with van der Waals surface area (Å²) in [6, 6.07) is 8.34. The molecule has 2 aromatic carbocycles. The SMILES string of the molecule is COc1c(Cl)cc(Cl)cc1C(=O)Nc1cc(Cl)ccc1N1CCN(C(=O)C(C)C)CC1. The predicted molar refractivity (Wildman–Crippen MR) is 126 cm³/mol. The minimum atomic E-state index is -0.418. The monoisotopic (exact) mass is 483 g/mol. The van der Waals surface area contributed by atoms with Crippen molar-refractivity contribution in [3.63, 3.8) is 0 Å². The zero-order valence-electron chi connectivity index (χ0n) is 17.5. The number of rotatable bonds is 5. The van der Waals surface area contributed by atoms with Crippen molar-refractivity contribution < 1.29 is 14.3 Å². The van der Waals surface area contributed by atoms with Gasteiger partial charge >= 0.3 is 0 Å². The third-order valence-electron chi connectivity index (χ3n) is 5.09. The highest BCUT2D eigenvalue weighted by molar-refractivity contribution is 6.36. The summed E-state index contributed by atoms with van der Waals surface area (Å²) >= 11 is 18.5. The van der Waals surface area contributed by atoms with Gasteiger partial charge in [-0.05, 0) is 30.3 Å². The number of ether oxygens (including phenoxy) is 1. The normalized spacial score (nSPS) is 14.0. The molecule has 3 rings (SSSR count). The quantitative estimate of drug-likeness (QED) is 0.633. The fourth-order valence-electron chi connectivity index (χ4n) is 3.54. The smallest absolute Gasteiger partial charge is 0.259 e. The van der Waals surface area contributed by atoms with Crippen LogP contribution in [0.3, 0.4) is 0 Å². The second kappa shape index (κ2) is 9.98. The van der Waals surface area contributed by atoms with Gasteiger partial charge in [-0.1, -0.05) is 48.7 Å². The maximum absolute atomic E-state index is 13.0. The van der Waals surface area contributed by atoms with Crippen LogP contribution in [0.15, 0.2) is 30.3 Å². The first-order chi connectivity index (χ1) is 14.7. The van der Waals surface area contributed by atoms with Crippen molar-refractivity contribution in [1.82, 2.24) is 4.90 Å². The summed E-state index contributed by atoms with van der Waals surface area (Å²) in [7, 11) is 1.44. The van der Waals surface area contributed by atoms with Crippen molar-refractivity contribution >= 4 is 58.0 Å². The predicted octanol–water partition coefficient (Wildman–Crippen LogP) is 5.21. The van der Waals surface area contributed by atoms with Crippen LogP contribution in [0, 0.1) is 5.92 Å². The molecule has 9 heteroatoms. The summed E-state index contributed by atoms with van der Waals surface area (Å²) in [5.41, 5.74) is 1.60. The van der Waals surface area contributed by atoms with Crippen LogP contribution in [0.5, 0.6) is 5.75 Å². The molecule has 0 spiro atoms. The lowest BCUT2D eigenvalue weighted by atomic mass is 10.1. The van der Waals surface area contributed by atoms with Gasteiger partial charge in [0.05, 0.1) is 29.1 Å². The number of nitrogens with one attached hydrogen (secondary N) is 1. The largest absolute Gasteiger partial charge is 0.494 e. The van der Waals surface area contributed by atoms with Crippen LogP contribution in [0.4, 0.5) is 11.4 Å². The second-order valence-corrected chi connectivity index (χ2v) is 8.83. The molecule has 0 unspecified atom stereocenters. The Balaban J connectivity index is 1.84. The summed E-state index contributed by atoms with van der Waals surface area (Å²) in [5, 5.41) is 3.97. The molecule has 1 heterocycles. The summed E-state index contributed by atoms with van der Waals surface area (Å²) in [6.07, 6.45) is 0. The van der Waals surface area contributed by atoms with Crippen molar-refractivity contribution in [3.05, 3.63) is 51.0 Å². The Morgan fingerprint density at radius 2 is 1.68 bits per heavy atom. The number of carbonyl (C=O) groups excluding carboxylic acids is 2. The van der Waals surface area contributed by atoms with Gasteiger partial charge in [0.15, 0.2) is 0 Å². The van der Waals surface area contributed by atoms with E-state index in [1.165, 1.54) is 19.2 Å². The molecule has 2 amide bonds. The maximum Gasteiger partial charge on any atom is 0.259 e. The van der Waals surface area contributed by atoms with E-state index in [9.17, 15) is 9.59 Å². The van der Waals surface area contributed by atoms with E-state index in [4.69, 9.17) is 39.5 Å². The first-order valence-corrected chi connectivity index (χ1v) is 11.0. The molecule has 31 heavy (non-hydrogen) atoms. The average molecular weight is 485 g/mol. The van der Waals surface area contributed by atoms with Crippen molar-refractivity contribution in [2.45, 2.75) is 13.8 Å². The number of amides is 2. The van der Waals surface area contributed by atoms with E-state index in [1.807, 2.05) is 24.8 Å². The maximum atomic E-state index is 13.0. The minimum Gasteiger partial charge on any atom is -0.494 e. The number of piperazine rings is 1. The fourth-order valence-corrected chi connectivity index (χ4v) is 4.29. The van der Waals surface area contributed by atoms with Gasteiger partial charge in [-0.2, -0.15) is 0 Å². The number of hydrogen-bond acceptors (Lipinski definition) is 4. The van der Waals surface area contributed by atoms with Crippen LogP contribution in [0.2, 0.25) is 15.1 Å². The molecule has 0 aromatic heterocycles. The fraction of sp³-hybridized carbons (Fsp3) is 0.364. The molecular weight excluding hydrogens is 461 g/mol. The van der Waals surface area contributed by atoms with E-state index < -0.39 is 5.91 Å². The van der Waals surface area contributed by atoms with Crippen molar-refractivity contribution in [2.75, 3.05) is 43.5 Å². The number of benzene rings is 2. The number of methoxy groups -OCH3 is 1. The number of halogens is 3. The van der Waals surface area contributed by atoms with Gasteiger partial charge < -0.3 is 19.9 Å². The van der Waals surface area contributed by atoms with Gasteiger partial charge in [-0.15, -0.1) is 0 Å². The zero-order valence-corrected chi connectivity index (χ0v) is 19.8. The average Bonchev–Trinajstić information content (AvgIpc) is 2.73. The molecule has 6 nitrogen and oxygen atoms in total. The zero-order chi connectivity index (χ0) is 22.7. The Morgan fingerprint density at radius 1 is 1.00 bits per heavy atom. The highest BCUT2D eigenvalue weighted by atomic mass is 35.5. The van der Waals surface area contributed by atoms with E-state index in [0.717, 1.165) is 5.69 Å². The molecule has 1 aliphatic rings. The Labute approximate surface area is 197 Å². The molecule has 0 atom stereocenters. The van der Waals surface area contributed by atoms with E-state index >= 15 is 0 Å². The molecule has 166 valence electrons. The summed E-state index contributed by atoms with van der Waals surface area (Å²) in [6.45, 7) is 6.33. The molecule has 1 fully saturated rings. The number of carbonyl (C=O) groups is 2. The van der Waals surface area contributed by atoms with Gasteiger partial charge in [0.2, 0.25) is 5.91 Å². The number of hydrogen-bond donors (Lipinski definition) is 1. The standard InChI is InChI=1S/C22H24Cl3N3O3/c1-13(2)22(30)28-8-6-27(7-9-28)19-5-4-14(23)12-18(19)26-21(29)16-10-15(24)11-17(25)20(16)31-3/h4-5,10-13H,6-9H2,1-3H3,(H,26,29). The molecule has 1 aliphatic heterocycles. The Hall–Kier alpha value is -2.15. The van der Waals surface area contributed by atoms with Crippen molar-refractivity contribution in [1.29, 1.82) is 0 Å². The minimum absolute atomic E-state index is 0.0311. The van der Waals surface area contributed by atoms with E-state index in [2.05, 4.69) is 10.2 Å². The molecule has 2 aromatic rings. The van der Waals surface area contributed by atoms with Gasteiger partial charge in [0, 0.05) is 42.1 Å². The van der Waals surface area contributed by atoms with E-state index in [1.54, 1.807) is 12.1 Å². The Kier molecular flexibility index (Phi) is 7.57. The molecular formula is C22H24Cl3N3O3. The van der Waals surface area contributed by atoms with Crippen molar-refractivity contribution in [2.24, 2.45) is 5.92 Å². The van der Waals surface area contributed by atoms with Gasteiger partial charge in [-0.25, -0.2) is 0 Å². The lowest BCUT2D eigenvalue weighted by Gasteiger charge is -2.37. The first kappa shape index (κ1) is 23.5. The third kappa shape index (κ3) is 5.37. The van der Waals surface area contributed by atoms with Gasteiger partial charge in [0.25, 0.3) is 5.91 Å². The molecule has 1 N–H and O–H groups in total. The highest BCUT2D eigenvalue weighted by Crippen LogP contribution is 2.35. The lowest BCUT2D eigenvalue weighted by Crippen LogP contribution is -2.50. The summed E-state index contributed by atoms with van der Waals surface area (Å²) in [5.74, 6) is -0.0583. The second-order valence-electron chi connectivity index (χ2n) is 7.55. The van der Waals surface area contributed by atoms with Crippen LogP contribution in [0.25, 0.3) is 0 Å². The molecule has 0 radical (unpaired) electrons. The number of anilines is 2. The van der Waals surface area contributed by atoms with Crippen LogP contribution in [0.1, 0.15) is 24.2 Å². The lowest BCUT2D eigenvalue weighted by molar-refractivity contribution is -0.134. The highest BCUT2D eigenvalue weighted by Gasteiger charge is 2.25. The topological polar surface area (TPSA) is 61.9 Å². The Morgan fingerprint density at radius 3 is 2.29 bits per heavy atom. The molecule has 0 saturated carbocycles. The van der Waals surface area contributed by atoms with Gasteiger partial charge in [0.1, 0.15) is 5.75 Å². The Bertz CT molecular complexity index is 989. The first-order valence-electron chi connectivity index (χ1n) is 9.89. The molecule has 0 bridgehead atoms. The van der Waals surface area contributed by atoms with Crippen LogP contribution in [-0.2, 0) is 4.79 Å². The number of nitrogens with zero attached hydrogens (tertiary/aromatic N) is 2. The van der Waals surface area contributed by atoms with Crippen molar-refractivity contribution in [3.8, 4) is 5.75 Å². The van der Waals surface area contributed by atoms with Gasteiger partial charge in [-0.3, -0.25) is 9.59 Å². The third-order valence-corrected chi connectivity index (χ3v) is 5.82.